The van der Waals surface area contributed by atoms with E-state index in [1.54, 1.807) is 6.20 Å². The van der Waals surface area contributed by atoms with Gasteiger partial charge < -0.3 is 15.0 Å². The number of rotatable bonds is 7. The highest BCUT2D eigenvalue weighted by Crippen LogP contribution is 2.43. The second-order valence-corrected chi connectivity index (χ2v) is 9.20. The number of nitrogens with zero attached hydrogens (tertiary/aromatic N) is 2. The number of aliphatic hydroxyl groups is 1. The lowest BCUT2D eigenvalue weighted by Gasteiger charge is -2.27. The number of benzene rings is 3. The van der Waals surface area contributed by atoms with Gasteiger partial charge in [0.1, 0.15) is 5.76 Å². The number of aliphatic hydroxyl groups excluding tert-OH is 1. The number of aromatic nitrogens is 1. The van der Waals surface area contributed by atoms with E-state index in [2.05, 4.69) is 30.7 Å². The average Bonchev–Trinajstić information content (AvgIpc) is 3.48. The van der Waals surface area contributed by atoms with Crippen LogP contribution in [0.25, 0.3) is 16.7 Å². The Morgan fingerprint density at radius 1 is 0.919 bits per heavy atom. The summed E-state index contributed by atoms with van der Waals surface area (Å²) in [5.41, 5.74) is 5.01. The van der Waals surface area contributed by atoms with Gasteiger partial charge in [0.05, 0.1) is 11.6 Å². The van der Waals surface area contributed by atoms with Crippen molar-refractivity contribution in [1.29, 1.82) is 0 Å². The van der Waals surface area contributed by atoms with Gasteiger partial charge in [-0.25, -0.2) is 0 Å². The van der Waals surface area contributed by atoms with E-state index in [-0.39, 0.29) is 11.3 Å². The number of aromatic amines is 1. The van der Waals surface area contributed by atoms with E-state index < -0.39 is 17.7 Å². The fourth-order valence-corrected chi connectivity index (χ4v) is 5.18. The maximum Gasteiger partial charge on any atom is 0.300 e. The zero-order chi connectivity index (χ0) is 26.1. The first-order valence-corrected chi connectivity index (χ1v) is 12.8. The summed E-state index contributed by atoms with van der Waals surface area (Å²) in [6, 6.07) is 22.4. The Morgan fingerprint density at radius 3 is 2.24 bits per heavy atom. The molecule has 1 amide bonds. The predicted octanol–water partition coefficient (Wildman–Crippen LogP) is 6.20. The van der Waals surface area contributed by atoms with Gasteiger partial charge in [-0.15, -0.1) is 0 Å². The first-order chi connectivity index (χ1) is 18.0. The van der Waals surface area contributed by atoms with Crippen molar-refractivity contribution in [1.82, 2.24) is 4.98 Å². The maximum atomic E-state index is 13.5. The second kappa shape index (κ2) is 9.97. The lowest BCUT2D eigenvalue weighted by Crippen LogP contribution is -2.29. The van der Waals surface area contributed by atoms with Crippen molar-refractivity contribution >= 4 is 39.7 Å². The van der Waals surface area contributed by atoms with Crippen molar-refractivity contribution in [2.45, 2.75) is 33.2 Å². The summed E-state index contributed by atoms with van der Waals surface area (Å²) >= 11 is 0. The van der Waals surface area contributed by atoms with E-state index in [9.17, 15) is 14.7 Å². The summed E-state index contributed by atoms with van der Waals surface area (Å²) in [5.74, 6) is -1.52. The molecule has 0 saturated carbocycles. The highest BCUT2D eigenvalue weighted by atomic mass is 16.3. The van der Waals surface area contributed by atoms with Gasteiger partial charge in [0.25, 0.3) is 11.7 Å². The third kappa shape index (κ3) is 4.18. The Balaban J connectivity index is 1.69. The molecule has 2 N–H and O–H groups in total. The summed E-state index contributed by atoms with van der Waals surface area (Å²) < 4.78 is 0. The number of ketones is 1. The molecule has 0 aliphatic carbocycles. The van der Waals surface area contributed by atoms with Crippen molar-refractivity contribution in [2.24, 2.45) is 0 Å². The molecule has 6 nitrogen and oxygen atoms in total. The Morgan fingerprint density at radius 2 is 1.59 bits per heavy atom. The number of Topliss-reactive ketones (excluding diaryl/α,β-unsaturated/α-hetero) is 1. The van der Waals surface area contributed by atoms with Gasteiger partial charge in [-0.1, -0.05) is 49.4 Å². The number of aryl methyl sites for hydroxylation is 1. The Labute approximate surface area is 216 Å². The number of H-pyrrole nitrogens is 1. The number of hydrogen-bond donors (Lipinski definition) is 2. The molecule has 1 atom stereocenters. The molecule has 0 spiro atoms. The van der Waals surface area contributed by atoms with E-state index in [0.717, 1.165) is 47.2 Å². The number of fused-ring (bicyclic) bond motifs is 1. The number of anilines is 2. The highest BCUT2D eigenvalue weighted by molar-refractivity contribution is 6.51. The SMILES string of the molecule is CCc1ccc(N2C(=O)C(=O)/C(=C(\O)c3c[nH]c4ccccc34)C2c2ccc(N(CC)CC)cc2)cc1. The summed E-state index contributed by atoms with van der Waals surface area (Å²) in [6.45, 7) is 8.03. The fourth-order valence-electron chi connectivity index (χ4n) is 5.18. The molecule has 5 rings (SSSR count). The lowest BCUT2D eigenvalue weighted by atomic mass is 9.94. The molecule has 188 valence electrons. The minimum atomic E-state index is -0.758. The monoisotopic (exact) mass is 493 g/mol. The summed E-state index contributed by atoms with van der Waals surface area (Å²) in [7, 11) is 0. The molecule has 1 fully saturated rings. The quantitative estimate of drug-likeness (QED) is 0.182. The standard InChI is InChI=1S/C31H31N3O3/c1-4-20-11-15-23(16-12-20)34-28(21-13-17-22(18-14-21)33(5-2)6-3)27(30(36)31(34)37)29(35)25-19-32-26-10-8-7-9-24(25)26/h7-19,28,32,35H,4-6H2,1-3H3/b29-27-. The van der Waals surface area contributed by atoms with Crippen LogP contribution >= 0.6 is 0 Å². The smallest absolute Gasteiger partial charge is 0.300 e. The zero-order valence-corrected chi connectivity index (χ0v) is 21.4. The molecule has 1 aliphatic heterocycles. The Kier molecular flexibility index (Phi) is 6.57. The zero-order valence-electron chi connectivity index (χ0n) is 21.4. The molecule has 37 heavy (non-hydrogen) atoms. The van der Waals surface area contributed by atoms with Crippen LogP contribution in [-0.4, -0.2) is 34.9 Å². The molecule has 1 aliphatic rings. The molecule has 4 aromatic rings. The highest BCUT2D eigenvalue weighted by Gasteiger charge is 2.47. The molecular formula is C31H31N3O3. The van der Waals surface area contributed by atoms with E-state index >= 15 is 0 Å². The number of hydrogen-bond acceptors (Lipinski definition) is 4. The van der Waals surface area contributed by atoms with Crippen LogP contribution in [0.4, 0.5) is 11.4 Å². The van der Waals surface area contributed by atoms with Gasteiger partial charge in [0, 0.05) is 47.1 Å². The molecule has 0 radical (unpaired) electrons. The van der Waals surface area contributed by atoms with Gasteiger partial charge in [-0.05, 0) is 61.7 Å². The third-order valence-electron chi connectivity index (χ3n) is 7.25. The fraction of sp³-hybridized carbons (Fsp3) is 0.226. The lowest BCUT2D eigenvalue weighted by molar-refractivity contribution is -0.132. The predicted molar refractivity (Wildman–Crippen MR) is 149 cm³/mol. The van der Waals surface area contributed by atoms with Crippen molar-refractivity contribution in [3.63, 3.8) is 0 Å². The Bertz CT molecular complexity index is 1480. The number of nitrogens with one attached hydrogen (secondary N) is 1. The van der Waals surface area contributed by atoms with E-state index in [0.29, 0.717) is 11.3 Å². The topological polar surface area (TPSA) is 76.6 Å². The second-order valence-electron chi connectivity index (χ2n) is 9.20. The van der Waals surface area contributed by atoms with Crippen molar-refractivity contribution < 1.29 is 14.7 Å². The van der Waals surface area contributed by atoms with Crippen LogP contribution in [0.5, 0.6) is 0 Å². The van der Waals surface area contributed by atoms with Gasteiger partial charge in [0.15, 0.2) is 0 Å². The van der Waals surface area contributed by atoms with E-state index in [1.807, 2.05) is 72.8 Å². The molecule has 2 heterocycles. The minimum Gasteiger partial charge on any atom is -0.507 e. The van der Waals surface area contributed by atoms with Gasteiger partial charge in [0.2, 0.25) is 0 Å². The first-order valence-electron chi connectivity index (χ1n) is 12.8. The van der Waals surface area contributed by atoms with Crippen molar-refractivity contribution in [3.8, 4) is 0 Å². The number of amides is 1. The van der Waals surface area contributed by atoms with Crippen molar-refractivity contribution in [2.75, 3.05) is 22.9 Å². The van der Waals surface area contributed by atoms with Crippen LogP contribution in [0.1, 0.15) is 43.5 Å². The number of carbonyl (C=O) groups is 2. The summed E-state index contributed by atoms with van der Waals surface area (Å²) in [4.78, 5) is 33.9. The maximum absolute atomic E-state index is 13.5. The molecule has 3 aromatic carbocycles. The van der Waals surface area contributed by atoms with Crippen LogP contribution in [0, 0.1) is 0 Å². The summed E-state index contributed by atoms with van der Waals surface area (Å²) in [5, 5.41) is 12.3. The molecular weight excluding hydrogens is 462 g/mol. The van der Waals surface area contributed by atoms with Crippen LogP contribution in [0.2, 0.25) is 0 Å². The third-order valence-corrected chi connectivity index (χ3v) is 7.25. The van der Waals surface area contributed by atoms with Crippen LogP contribution in [0.3, 0.4) is 0 Å². The average molecular weight is 494 g/mol. The largest absolute Gasteiger partial charge is 0.507 e. The van der Waals surface area contributed by atoms with Crippen LogP contribution in [-0.2, 0) is 16.0 Å². The normalized spacial score (nSPS) is 17.1. The van der Waals surface area contributed by atoms with E-state index in [1.165, 1.54) is 4.90 Å². The number of para-hydroxylation sites is 1. The van der Waals surface area contributed by atoms with Crippen LogP contribution in [0.15, 0.2) is 84.6 Å². The van der Waals surface area contributed by atoms with Crippen LogP contribution < -0.4 is 9.80 Å². The van der Waals surface area contributed by atoms with Gasteiger partial charge in [-0.2, -0.15) is 0 Å². The van der Waals surface area contributed by atoms with Gasteiger partial charge >= 0.3 is 0 Å². The first kappa shape index (κ1) is 24.4. The number of carbonyl (C=O) groups excluding carboxylic acids is 2. The van der Waals surface area contributed by atoms with Crippen molar-refractivity contribution in [3.05, 3.63) is 101 Å². The minimum absolute atomic E-state index is 0.0879. The Hall–Kier alpha value is -4.32. The van der Waals surface area contributed by atoms with E-state index in [4.69, 9.17) is 0 Å². The van der Waals surface area contributed by atoms with Gasteiger partial charge in [-0.3, -0.25) is 14.5 Å². The summed E-state index contributed by atoms with van der Waals surface area (Å²) in [6.07, 6.45) is 2.56. The molecule has 1 unspecified atom stereocenters. The molecule has 1 aromatic heterocycles. The molecule has 1 saturated heterocycles. The molecule has 0 bridgehead atoms. The molecule has 6 heteroatoms.